The fourth-order valence-electron chi connectivity index (χ4n) is 1.93. The summed E-state index contributed by atoms with van der Waals surface area (Å²) in [5, 5.41) is 10.7. The smallest absolute Gasteiger partial charge is 0.420 e. The van der Waals surface area contributed by atoms with Crippen molar-refractivity contribution in [1.82, 2.24) is 5.32 Å². The summed E-state index contributed by atoms with van der Waals surface area (Å²) >= 11 is 0. The number of halogens is 3. The summed E-state index contributed by atoms with van der Waals surface area (Å²) in [6, 6.07) is 9.45. The Hall–Kier alpha value is -2.90. The van der Waals surface area contributed by atoms with Crippen LogP contribution in [0.15, 0.2) is 42.5 Å². The second-order valence-corrected chi connectivity index (χ2v) is 4.76. The zero-order chi connectivity index (χ0) is 17.7. The molecule has 0 radical (unpaired) electrons. The fraction of sp³-hybridized carbons (Fsp3) is 0.188. The number of methoxy groups -OCH3 is 1. The highest BCUT2D eigenvalue weighted by atomic mass is 19.4. The van der Waals surface area contributed by atoms with Crippen molar-refractivity contribution in [2.24, 2.45) is 0 Å². The highest BCUT2D eigenvalue weighted by Gasteiger charge is 2.35. The molecule has 0 aliphatic carbocycles. The van der Waals surface area contributed by atoms with Gasteiger partial charge in [-0.05, 0) is 35.9 Å². The molecule has 0 heterocycles. The number of rotatable bonds is 5. The lowest BCUT2D eigenvalue weighted by atomic mass is 10.1. The molecule has 0 unspecified atom stereocenters. The van der Waals surface area contributed by atoms with Crippen LogP contribution in [0.4, 0.5) is 18.0 Å². The number of carboxylic acid groups (broad SMARTS) is 1. The normalized spacial score (nSPS) is 11.0. The molecule has 128 valence electrons. The van der Waals surface area contributed by atoms with Gasteiger partial charge in [-0.3, -0.25) is 0 Å². The summed E-state index contributed by atoms with van der Waals surface area (Å²) in [7, 11) is 1.28. The van der Waals surface area contributed by atoms with Gasteiger partial charge in [-0.15, -0.1) is 0 Å². The van der Waals surface area contributed by atoms with Crippen LogP contribution in [0.5, 0.6) is 17.2 Å². The minimum Gasteiger partial charge on any atom is -0.497 e. The molecule has 0 aliphatic rings. The summed E-state index contributed by atoms with van der Waals surface area (Å²) in [5.41, 5.74) is -0.297. The largest absolute Gasteiger partial charge is 0.497 e. The van der Waals surface area contributed by atoms with Gasteiger partial charge in [0, 0.05) is 6.54 Å². The number of hydrogen-bond donors (Lipinski definition) is 2. The van der Waals surface area contributed by atoms with Crippen LogP contribution in [0.3, 0.4) is 0 Å². The minimum atomic E-state index is -4.59. The Kier molecular flexibility index (Phi) is 5.18. The SMILES string of the molecule is COc1ccc(Oc2ccc(CNC(=O)O)cc2)c(C(F)(F)F)c1. The van der Waals surface area contributed by atoms with Crippen LogP contribution in [0.1, 0.15) is 11.1 Å². The highest BCUT2D eigenvalue weighted by Crippen LogP contribution is 2.40. The van der Waals surface area contributed by atoms with Crippen molar-refractivity contribution in [3.63, 3.8) is 0 Å². The predicted octanol–water partition coefficient (Wildman–Crippen LogP) is 4.27. The maximum Gasteiger partial charge on any atom is 0.420 e. The predicted molar refractivity (Wildman–Crippen MR) is 79.4 cm³/mol. The monoisotopic (exact) mass is 341 g/mol. The van der Waals surface area contributed by atoms with Crippen LogP contribution in [-0.2, 0) is 12.7 Å². The first-order chi connectivity index (χ1) is 11.3. The molecule has 5 nitrogen and oxygen atoms in total. The number of amides is 1. The molecule has 8 heteroatoms. The van der Waals surface area contributed by atoms with Gasteiger partial charge in [-0.2, -0.15) is 13.2 Å². The zero-order valence-corrected chi connectivity index (χ0v) is 12.6. The van der Waals surface area contributed by atoms with Gasteiger partial charge in [-0.1, -0.05) is 12.1 Å². The first-order valence-electron chi connectivity index (χ1n) is 6.78. The Morgan fingerprint density at radius 2 is 1.75 bits per heavy atom. The van der Waals surface area contributed by atoms with Crippen LogP contribution < -0.4 is 14.8 Å². The second-order valence-electron chi connectivity index (χ2n) is 4.76. The van der Waals surface area contributed by atoms with Gasteiger partial charge in [0.05, 0.1) is 7.11 Å². The van der Waals surface area contributed by atoms with Crippen molar-refractivity contribution < 1.29 is 32.5 Å². The van der Waals surface area contributed by atoms with E-state index in [1.165, 1.54) is 31.4 Å². The van der Waals surface area contributed by atoms with Gasteiger partial charge in [0.2, 0.25) is 0 Å². The first-order valence-corrected chi connectivity index (χ1v) is 6.78. The van der Waals surface area contributed by atoms with Crippen molar-refractivity contribution >= 4 is 6.09 Å². The Morgan fingerprint density at radius 3 is 2.29 bits per heavy atom. The van der Waals surface area contributed by atoms with E-state index in [0.717, 1.165) is 6.07 Å². The Morgan fingerprint density at radius 1 is 1.12 bits per heavy atom. The molecule has 2 rings (SSSR count). The summed E-state index contributed by atoms with van der Waals surface area (Å²) in [6.45, 7) is 0.0892. The van der Waals surface area contributed by atoms with Gasteiger partial charge < -0.3 is 19.9 Å². The number of carbonyl (C=O) groups is 1. The third-order valence-electron chi connectivity index (χ3n) is 3.09. The van der Waals surface area contributed by atoms with E-state index in [9.17, 15) is 18.0 Å². The molecule has 1 amide bonds. The summed E-state index contributed by atoms with van der Waals surface area (Å²) in [4.78, 5) is 10.4. The number of hydrogen-bond acceptors (Lipinski definition) is 3. The third kappa shape index (κ3) is 4.55. The number of alkyl halides is 3. The number of benzene rings is 2. The van der Waals surface area contributed by atoms with E-state index in [1.807, 2.05) is 0 Å². The molecule has 0 bridgehead atoms. The van der Waals surface area contributed by atoms with E-state index in [1.54, 1.807) is 12.1 Å². The molecule has 2 aromatic rings. The lowest BCUT2D eigenvalue weighted by molar-refractivity contribution is -0.138. The summed E-state index contributed by atoms with van der Waals surface area (Å²) in [6.07, 6.45) is -5.75. The zero-order valence-electron chi connectivity index (χ0n) is 12.6. The van der Waals surface area contributed by atoms with Crippen LogP contribution in [0, 0.1) is 0 Å². The van der Waals surface area contributed by atoms with E-state index in [2.05, 4.69) is 5.32 Å². The summed E-state index contributed by atoms with van der Waals surface area (Å²) < 4.78 is 49.4. The van der Waals surface area contributed by atoms with Crippen molar-refractivity contribution in [3.05, 3.63) is 53.6 Å². The lowest BCUT2D eigenvalue weighted by Gasteiger charge is -2.15. The van der Waals surface area contributed by atoms with Crippen LogP contribution in [0.25, 0.3) is 0 Å². The molecule has 0 aliphatic heterocycles. The molecule has 0 fully saturated rings. The number of nitrogens with one attached hydrogen (secondary N) is 1. The molecular weight excluding hydrogens is 327 g/mol. The Labute approximate surface area is 135 Å². The van der Waals surface area contributed by atoms with Crippen molar-refractivity contribution in [2.75, 3.05) is 7.11 Å². The maximum atomic E-state index is 13.1. The van der Waals surface area contributed by atoms with Crippen LogP contribution >= 0.6 is 0 Å². The quantitative estimate of drug-likeness (QED) is 0.852. The Balaban J connectivity index is 2.20. The lowest BCUT2D eigenvalue weighted by Crippen LogP contribution is -2.19. The van der Waals surface area contributed by atoms with Crippen LogP contribution in [0.2, 0.25) is 0 Å². The van der Waals surface area contributed by atoms with E-state index in [-0.39, 0.29) is 23.8 Å². The molecule has 0 saturated carbocycles. The topological polar surface area (TPSA) is 67.8 Å². The van der Waals surface area contributed by atoms with Crippen molar-refractivity contribution in [2.45, 2.75) is 12.7 Å². The van der Waals surface area contributed by atoms with Crippen LogP contribution in [-0.4, -0.2) is 18.3 Å². The second kappa shape index (κ2) is 7.12. The molecular formula is C16H14F3NO4. The van der Waals surface area contributed by atoms with E-state index >= 15 is 0 Å². The minimum absolute atomic E-state index is 0.0739. The molecule has 0 saturated heterocycles. The molecule has 0 spiro atoms. The molecule has 0 atom stereocenters. The maximum absolute atomic E-state index is 13.1. The molecule has 0 aromatic heterocycles. The highest BCUT2D eigenvalue weighted by molar-refractivity contribution is 5.64. The van der Waals surface area contributed by atoms with Gasteiger partial charge in [0.25, 0.3) is 0 Å². The molecule has 2 aromatic carbocycles. The van der Waals surface area contributed by atoms with E-state index in [4.69, 9.17) is 14.6 Å². The van der Waals surface area contributed by atoms with Gasteiger partial charge >= 0.3 is 12.3 Å². The first kappa shape index (κ1) is 17.5. The molecule has 24 heavy (non-hydrogen) atoms. The van der Waals surface area contributed by atoms with Gasteiger partial charge in [-0.25, -0.2) is 4.79 Å². The van der Waals surface area contributed by atoms with Crippen molar-refractivity contribution in [1.29, 1.82) is 0 Å². The third-order valence-corrected chi connectivity index (χ3v) is 3.09. The number of ether oxygens (including phenoxy) is 2. The average Bonchev–Trinajstić information content (AvgIpc) is 2.53. The average molecular weight is 341 g/mol. The summed E-state index contributed by atoms with van der Waals surface area (Å²) in [5.74, 6) is -0.0748. The van der Waals surface area contributed by atoms with E-state index in [0.29, 0.717) is 5.56 Å². The fourth-order valence-corrected chi connectivity index (χ4v) is 1.93. The van der Waals surface area contributed by atoms with Gasteiger partial charge in [0.15, 0.2) is 0 Å². The van der Waals surface area contributed by atoms with Crippen molar-refractivity contribution in [3.8, 4) is 17.2 Å². The van der Waals surface area contributed by atoms with Gasteiger partial charge in [0.1, 0.15) is 22.8 Å². The standard InChI is InChI=1S/C16H14F3NO4/c1-23-12-6-7-14(13(8-12)16(17,18)19)24-11-4-2-10(3-5-11)9-20-15(21)22/h2-8,20H,9H2,1H3,(H,21,22). The molecule has 2 N–H and O–H groups in total. The Bertz CT molecular complexity index is 714. The van der Waals surface area contributed by atoms with E-state index < -0.39 is 17.8 Å².